The molecule has 0 aromatic rings. The Balaban J connectivity index is 2.17. The molecular formula is C8H11NO2. The number of amides is 1. The van der Waals surface area contributed by atoms with E-state index in [1.54, 1.807) is 4.90 Å². The van der Waals surface area contributed by atoms with Gasteiger partial charge in [-0.1, -0.05) is 6.08 Å². The number of allylic oxidation sites excluding steroid dienone is 1. The number of methoxy groups -OCH3 is 1. The maximum Gasteiger partial charge on any atom is 0.413 e. The molecule has 1 atom stereocenters. The number of carbonyl (C=O) groups is 1. The van der Waals surface area contributed by atoms with Gasteiger partial charge in [0.15, 0.2) is 0 Å². The van der Waals surface area contributed by atoms with Crippen molar-refractivity contribution >= 4 is 6.09 Å². The zero-order valence-corrected chi connectivity index (χ0v) is 6.54. The van der Waals surface area contributed by atoms with Gasteiger partial charge in [-0.05, 0) is 19.3 Å². The summed E-state index contributed by atoms with van der Waals surface area (Å²) in [6, 6.07) is 0.400. The van der Waals surface area contributed by atoms with Gasteiger partial charge in [0.25, 0.3) is 0 Å². The Bertz CT molecular complexity index is 222. The molecule has 1 amide bonds. The van der Waals surface area contributed by atoms with Gasteiger partial charge >= 0.3 is 6.09 Å². The molecule has 3 heteroatoms. The first-order chi connectivity index (χ1) is 5.33. The Labute approximate surface area is 65.6 Å². The average Bonchev–Trinajstić information content (AvgIpc) is 2.61. The minimum Gasteiger partial charge on any atom is -0.452 e. The fraction of sp³-hybridized carbons (Fsp3) is 0.625. The highest BCUT2D eigenvalue weighted by Crippen LogP contribution is 2.36. The second-order valence-corrected chi connectivity index (χ2v) is 2.96. The molecule has 0 aromatic carbocycles. The van der Waals surface area contributed by atoms with E-state index in [1.807, 2.05) is 0 Å². The Morgan fingerprint density at radius 2 is 2.64 bits per heavy atom. The lowest BCUT2D eigenvalue weighted by Crippen LogP contribution is -2.30. The van der Waals surface area contributed by atoms with Crippen LogP contribution in [-0.2, 0) is 4.74 Å². The van der Waals surface area contributed by atoms with Gasteiger partial charge in [-0.25, -0.2) is 4.79 Å². The molecule has 0 saturated carbocycles. The second-order valence-electron chi connectivity index (χ2n) is 2.96. The van der Waals surface area contributed by atoms with E-state index in [-0.39, 0.29) is 6.09 Å². The Morgan fingerprint density at radius 1 is 1.82 bits per heavy atom. The molecule has 2 aliphatic heterocycles. The van der Waals surface area contributed by atoms with Crippen LogP contribution >= 0.6 is 0 Å². The van der Waals surface area contributed by atoms with E-state index in [9.17, 15) is 4.79 Å². The summed E-state index contributed by atoms with van der Waals surface area (Å²) < 4.78 is 4.66. The van der Waals surface area contributed by atoms with Gasteiger partial charge in [0, 0.05) is 11.7 Å². The average molecular weight is 153 g/mol. The fourth-order valence-corrected chi connectivity index (χ4v) is 1.86. The van der Waals surface area contributed by atoms with Gasteiger partial charge in [0.1, 0.15) is 0 Å². The summed E-state index contributed by atoms with van der Waals surface area (Å²) in [6.07, 6.45) is 5.10. The summed E-state index contributed by atoms with van der Waals surface area (Å²) in [5.41, 5.74) is 1.15. The molecule has 3 nitrogen and oxygen atoms in total. The molecule has 11 heavy (non-hydrogen) atoms. The lowest BCUT2D eigenvalue weighted by molar-refractivity contribution is 0.132. The molecule has 0 spiro atoms. The van der Waals surface area contributed by atoms with Gasteiger partial charge in [0.05, 0.1) is 7.11 Å². The van der Waals surface area contributed by atoms with Gasteiger partial charge in [-0.3, -0.25) is 4.90 Å². The maximum absolute atomic E-state index is 11.1. The third kappa shape index (κ3) is 0.836. The quantitative estimate of drug-likeness (QED) is 0.528. The van der Waals surface area contributed by atoms with Crippen LogP contribution in [0, 0.1) is 0 Å². The first-order valence-corrected chi connectivity index (χ1v) is 3.89. The van der Waals surface area contributed by atoms with Crippen LogP contribution in [0.1, 0.15) is 19.3 Å². The normalized spacial score (nSPS) is 27.2. The summed E-state index contributed by atoms with van der Waals surface area (Å²) >= 11 is 0. The SMILES string of the molecule is COC(=O)N1C2=CCC1CC2. The molecule has 60 valence electrons. The minimum absolute atomic E-state index is 0.198. The van der Waals surface area contributed by atoms with Crippen molar-refractivity contribution < 1.29 is 9.53 Å². The summed E-state index contributed by atoms with van der Waals surface area (Å²) in [7, 11) is 1.43. The molecule has 1 saturated heterocycles. The first-order valence-electron chi connectivity index (χ1n) is 3.89. The number of rotatable bonds is 0. The van der Waals surface area contributed by atoms with E-state index < -0.39 is 0 Å². The van der Waals surface area contributed by atoms with Crippen LogP contribution in [0.5, 0.6) is 0 Å². The number of hydrogen-bond acceptors (Lipinski definition) is 2. The molecule has 0 aliphatic carbocycles. The van der Waals surface area contributed by atoms with E-state index in [0.29, 0.717) is 6.04 Å². The maximum atomic E-state index is 11.1. The summed E-state index contributed by atoms with van der Waals surface area (Å²) in [5, 5.41) is 0. The van der Waals surface area contributed by atoms with Crippen LogP contribution in [-0.4, -0.2) is 24.1 Å². The van der Waals surface area contributed by atoms with Gasteiger partial charge in [0.2, 0.25) is 0 Å². The Hall–Kier alpha value is -0.990. The number of ether oxygens (including phenoxy) is 1. The Kier molecular flexibility index (Phi) is 1.37. The fourth-order valence-electron chi connectivity index (χ4n) is 1.86. The smallest absolute Gasteiger partial charge is 0.413 e. The molecule has 1 fully saturated rings. The van der Waals surface area contributed by atoms with E-state index in [2.05, 4.69) is 10.8 Å². The molecule has 2 rings (SSSR count). The van der Waals surface area contributed by atoms with E-state index in [0.717, 1.165) is 25.0 Å². The predicted molar refractivity (Wildman–Crippen MR) is 40.0 cm³/mol. The van der Waals surface area contributed by atoms with Gasteiger partial charge < -0.3 is 4.74 Å². The highest BCUT2D eigenvalue weighted by molar-refractivity contribution is 5.71. The summed E-state index contributed by atoms with van der Waals surface area (Å²) in [4.78, 5) is 12.9. The van der Waals surface area contributed by atoms with Crippen molar-refractivity contribution in [2.75, 3.05) is 7.11 Å². The van der Waals surface area contributed by atoms with Crippen molar-refractivity contribution in [2.24, 2.45) is 0 Å². The third-order valence-corrected chi connectivity index (χ3v) is 2.41. The molecule has 2 heterocycles. The molecule has 0 radical (unpaired) electrons. The van der Waals surface area contributed by atoms with Crippen molar-refractivity contribution in [1.82, 2.24) is 4.90 Å². The van der Waals surface area contributed by atoms with Crippen molar-refractivity contribution in [2.45, 2.75) is 25.3 Å². The molecule has 2 aliphatic rings. The van der Waals surface area contributed by atoms with Crippen LogP contribution in [0.4, 0.5) is 4.79 Å². The Morgan fingerprint density at radius 3 is 3.00 bits per heavy atom. The summed E-state index contributed by atoms with van der Waals surface area (Å²) in [6.45, 7) is 0. The number of nitrogens with zero attached hydrogens (tertiary/aromatic N) is 1. The standard InChI is InChI=1S/C8H11NO2/c1-11-8(10)9-6-2-3-7(9)5-4-6/h2,7H,3-5H2,1H3. The van der Waals surface area contributed by atoms with Gasteiger partial charge in [-0.2, -0.15) is 0 Å². The number of carbonyl (C=O) groups excluding carboxylic acids is 1. The zero-order valence-electron chi connectivity index (χ0n) is 6.54. The first kappa shape index (κ1) is 6.70. The topological polar surface area (TPSA) is 29.5 Å². The highest BCUT2D eigenvalue weighted by atomic mass is 16.5. The molecule has 2 bridgehead atoms. The minimum atomic E-state index is -0.198. The zero-order chi connectivity index (χ0) is 7.84. The van der Waals surface area contributed by atoms with Crippen LogP contribution in [0.3, 0.4) is 0 Å². The molecule has 0 aromatic heterocycles. The van der Waals surface area contributed by atoms with E-state index in [4.69, 9.17) is 0 Å². The van der Waals surface area contributed by atoms with Crippen molar-refractivity contribution in [3.05, 3.63) is 11.8 Å². The second kappa shape index (κ2) is 2.26. The van der Waals surface area contributed by atoms with Crippen LogP contribution in [0.25, 0.3) is 0 Å². The van der Waals surface area contributed by atoms with Gasteiger partial charge in [-0.15, -0.1) is 0 Å². The number of hydrogen-bond donors (Lipinski definition) is 0. The highest BCUT2D eigenvalue weighted by Gasteiger charge is 2.36. The van der Waals surface area contributed by atoms with Crippen molar-refractivity contribution in [1.29, 1.82) is 0 Å². The largest absolute Gasteiger partial charge is 0.452 e. The van der Waals surface area contributed by atoms with Crippen LogP contribution < -0.4 is 0 Å². The molecule has 1 unspecified atom stereocenters. The lowest BCUT2D eigenvalue weighted by atomic mass is 10.1. The monoisotopic (exact) mass is 153 g/mol. The molecular weight excluding hydrogens is 142 g/mol. The van der Waals surface area contributed by atoms with Crippen LogP contribution in [0.2, 0.25) is 0 Å². The van der Waals surface area contributed by atoms with E-state index >= 15 is 0 Å². The van der Waals surface area contributed by atoms with E-state index in [1.165, 1.54) is 7.11 Å². The van der Waals surface area contributed by atoms with Crippen molar-refractivity contribution in [3.8, 4) is 0 Å². The summed E-state index contributed by atoms with van der Waals surface area (Å²) in [5.74, 6) is 0. The lowest BCUT2D eigenvalue weighted by Gasteiger charge is -2.17. The van der Waals surface area contributed by atoms with Crippen LogP contribution in [0.15, 0.2) is 11.8 Å². The number of fused-ring (bicyclic) bond motifs is 2. The third-order valence-electron chi connectivity index (χ3n) is 2.41. The molecule has 0 N–H and O–H groups in total. The predicted octanol–water partition coefficient (Wildman–Crippen LogP) is 1.50. The van der Waals surface area contributed by atoms with Crippen molar-refractivity contribution in [3.63, 3.8) is 0 Å².